The molecule has 0 bridgehead atoms. The second-order valence-electron chi connectivity index (χ2n) is 7.51. The van der Waals surface area contributed by atoms with Crippen LogP contribution in [0, 0.1) is 5.92 Å². The molecule has 1 amide bonds. The van der Waals surface area contributed by atoms with Gasteiger partial charge >= 0.3 is 0 Å². The lowest BCUT2D eigenvalue weighted by Crippen LogP contribution is -2.38. The molecule has 2 aliphatic rings. The first kappa shape index (κ1) is 17.1. The van der Waals surface area contributed by atoms with Crippen molar-refractivity contribution in [3.8, 4) is 0 Å². The third kappa shape index (κ3) is 3.20. The maximum Gasteiger partial charge on any atom is 0.243 e. The average molecular weight is 350 g/mol. The van der Waals surface area contributed by atoms with E-state index in [0.29, 0.717) is 13.1 Å². The van der Waals surface area contributed by atoms with Crippen LogP contribution in [-0.2, 0) is 11.3 Å². The second-order valence-corrected chi connectivity index (χ2v) is 7.51. The van der Waals surface area contributed by atoms with Crippen LogP contribution < -0.4 is 0 Å². The Morgan fingerprint density at radius 3 is 2.77 bits per heavy atom. The molecule has 1 aromatic carbocycles. The van der Waals surface area contributed by atoms with E-state index < -0.39 is 0 Å². The van der Waals surface area contributed by atoms with Crippen LogP contribution in [0.25, 0.3) is 10.9 Å². The normalized spacial score (nSPS) is 19.4. The summed E-state index contributed by atoms with van der Waals surface area (Å²) in [6.45, 7) is 3.16. The van der Waals surface area contributed by atoms with Crippen LogP contribution in [0.2, 0.25) is 0 Å². The first-order valence-electron chi connectivity index (χ1n) is 9.77. The van der Waals surface area contributed by atoms with Crippen molar-refractivity contribution >= 4 is 22.6 Å². The molecule has 0 saturated heterocycles. The van der Waals surface area contributed by atoms with E-state index in [9.17, 15) is 9.59 Å². The molecular weight excluding hydrogens is 324 g/mol. The topological polar surface area (TPSA) is 42.3 Å². The van der Waals surface area contributed by atoms with E-state index in [1.807, 2.05) is 39.9 Å². The maximum absolute atomic E-state index is 12.9. The Morgan fingerprint density at radius 1 is 1.19 bits per heavy atom. The van der Waals surface area contributed by atoms with Crippen molar-refractivity contribution in [1.82, 2.24) is 9.47 Å². The van der Waals surface area contributed by atoms with E-state index in [4.69, 9.17) is 0 Å². The van der Waals surface area contributed by atoms with Gasteiger partial charge in [-0.15, -0.1) is 0 Å². The zero-order valence-electron chi connectivity index (χ0n) is 15.4. The minimum absolute atomic E-state index is 0.127. The number of unbranched alkanes of at least 4 members (excludes halogenated alkanes) is 1. The molecule has 4 rings (SSSR count). The monoisotopic (exact) mass is 350 g/mol. The summed E-state index contributed by atoms with van der Waals surface area (Å²) >= 11 is 0. The molecule has 1 aliphatic heterocycles. The van der Waals surface area contributed by atoms with Crippen LogP contribution in [-0.4, -0.2) is 33.7 Å². The molecule has 1 unspecified atom stereocenters. The molecule has 1 aliphatic carbocycles. The smallest absolute Gasteiger partial charge is 0.243 e. The predicted molar refractivity (Wildman–Crippen MR) is 103 cm³/mol. The largest absolute Gasteiger partial charge is 0.337 e. The molecule has 2 heterocycles. The molecule has 1 fully saturated rings. The zero-order chi connectivity index (χ0) is 18.1. The summed E-state index contributed by atoms with van der Waals surface area (Å²) < 4.78 is 1.96. The Hall–Kier alpha value is -2.36. The Morgan fingerprint density at radius 2 is 2.00 bits per heavy atom. The van der Waals surface area contributed by atoms with E-state index in [2.05, 4.69) is 19.1 Å². The molecule has 1 aromatic heterocycles. The quantitative estimate of drug-likeness (QED) is 0.555. The van der Waals surface area contributed by atoms with Crippen LogP contribution >= 0.6 is 0 Å². The van der Waals surface area contributed by atoms with Gasteiger partial charge in [-0.2, -0.15) is 0 Å². The van der Waals surface area contributed by atoms with E-state index in [0.717, 1.165) is 48.6 Å². The number of ketones is 1. The van der Waals surface area contributed by atoms with Crippen LogP contribution in [0.5, 0.6) is 0 Å². The van der Waals surface area contributed by atoms with E-state index in [1.165, 1.54) is 0 Å². The lowest BCUT2D eigenvalue weighted by atomic mass is 10.1. The zero-order valence-corrected chi connectivity index (χ0v) is 15.4. The Labute approximate surface area is 154 Å². The first-order valence-corrected chi connectivity index (χ1v) is 9.77. The number of fused-ring (bicyclic) bond motifs is 1. The molecule has 0 radical (unpaired) electrons. The summed E-state index contributed by atoms with van der Waals surface area (Å²) in [5.41, 5.74) is 1.75. The highest BCUT2D eigenvalue weighted by molar-refractivity contribution is 6.10. The molecule has 4 nitrogen and oxygen atoms in total. The van der Waals surface area contributed by atoms with Crippen LogP contribution in [0.1, 0.15) is 49.4 Å². The molecule has 1 atom stereocenters. The van der Waals surface area contributed by atoms with Gasteiger partial charge in [0.2, 0.25) is 5.91 Å². The molecule has 26 heavy (non-hydrogen) atoms. The van der Waals surface area contributed by atoms with Crippen molar-refractivity contribution < 1.29 is 9.59 Å². The van der Waals surface area contributed by atoms with Crippen LogP contribution in [0.15, 0.2) is 42.6 Å². The number of nitrogens with zero attached hydrogens (tertiary/aromatic N) is 2. The average Bonchev–Trinajstić information content (AvgIpc) is 3.30. The van der Waals surface area contributed by atoms with Gasteiger partial charge in [0.05, 0.1) is 6.04 Å². The number of carbonyl (C=O) groups is 2. The highest BCUT2D eigenvalue weighted by Gasteiger charge is 2.32. The van der Waals surface area contributed by atoms with Gasteiger partial charge in [-0.05, 0) is 25.3 Å². The van der Waals surface area contributed by atoms with Gasteiger partial charge in [0.25, 0.3) is 0 Å². The van der Waals surface area contributed by atoms with Gasteiger partial charge in [0.1, 0.15) is 6.54 Å². The summed E-state index contributed by atoms with van der Waals surface area (Å²) in [6, 6.07) is 8.15. The fraction of sp³-hybridized carbons (Fsp3) is 0.455. The van der Waals surface area contributed by atoms with Crippen molar-refractivity contribution in [2.45, 2.75) is 51.6 Å². The number of aromatic nitrogens is 1. The van der Waals surface area contributed by atoms with Gasteiger partial charge in [-0.25, -0.2) is 0 Å². The number of amides is 1. The number of hydrogen-bond donors (Lipinski definition) is 0. The minimum atomic E-state index is 0.127. The van der Waals surface area contributed by atoms with E-state index in [-0.39, 0.29) is 23.7 Å². The highest BCUT2D eigenvalue weighted by atomic mass is 16.2. The van der Waals surface area contributed by atoms with Gasteiger partial charge in [-0.3, -0.25) is 9.59 Å². The standard InChI is InChI=1S/C22H26N2O2/c1-2-3-7-17-8-6-13-24(17)21(25)15-23-14-19(22(26)16-11-12-16)18-9-4-5-10-20(18)23/h4-6,8-10,14,16-17H,2-3,7,11-13,15H2,1H3. The lowest BCUT2D eigenvalue weighted by Gasteiger charge is -2.25. The minimum Gasteiger partial charge on any atom is -0.337 e. The number of Topliss-reactive ketones (excluding diaryl/α,β-unsaturated/α-hetero) is 1. The fourth-order valence-corrected chi connectivity index (χ4v) is 3.90. The summed E-state index contributed by atoms with van der Waals surface area (Å²) in [7, 11) is 0. The molecule has 4 heteroatoms. The third-order valence-electron chi connectivity index (χ3n) is 5.54. The number of para-hydroxylation sites is 1. The number of rotatable bonds is 7. The van der Waals surface area contributed by atoms with Gasteiger partial charge < -0.3 is 9.47 Å². The van der Waals surface area contributed by atoms with Crippen molar-refractivity contribution in [2.24, 2.45) is 5.92 Å². The van der Waals surface area contributed by atoms with Gasteiger partial charge in [0.15, 0.2) is 5.78 Å². The molecular formula is C22H26N2O2. The van der Waals surface area contributed by atoms with Crippen molar-refractivity contribution in [2.75, 3.05) is 6.54 Å². The van der Waals surface area contributed by atoms with Gasteiger partial charge in [-0.1, -0.05) is 50.1 Å². The van der Waals surface area contributed by atoms with Crippen LogP contribution in [0.4, 0.5) is 0 Å². The van der Waals surface area contributed by atoms with Crippen molar-refractivity contribution in [1.29, 1.82) is 0 Å². The Kier molecular flexibility index (Phi) is 4.66. The summed E-state index contributed by atoms with van der Waals surface area (Å²) in [5, 5.41) is 0.972. The van der Waals surface area contributed by atoms with Crippen LogP contribution in [0.3, 0.4) is 0 Å². The SMILES string of the molecule is CCCCC1C=CCN1C(=O)Cn1cc(C(=O)C2CC2)c2ccccc21. The number of hydrogen-bond acceptors (Lipinski definition) is 2. The van der Waals surface area contributed by atoms with E-state index in [1.54, 1.807) is 0 Å². The van der Waals surface area contributed by atoms with Gasteiger partial charge in [0, 0.05) is 35.1 Å². The number of carbonyl (C=O) groups excluding carboxylic acids is 2. The molecule has 0 spiro atoms. The number of benzene rings is 1. The maximum atomic E-state index is 12.9. The molecule has 136 valence electrons. The highest BCUT2D eigenvalue weighted by Crippen LogP contribution is 2.35. The second kappa shape index (κ2) is 7.10. The van der Waals surface area contributed by atoms with Crippen molar-refractivity contribution in [3.63, 3.8) is 0 Å². The summed E-state index contributed by atoms with van der Waals surface area (Å²) in [4.78, 5) is 27.5. The first-order chi connectivity index (χ1) is 12.7. The van der Waals surface area contributed by atoms with Crippen molar-refractivity contribution in [3.05, 3.63) is 48.2 Å². The lowest BCUT2D eigenvalue weighted by molar-refractivity contribution is -0.132. The third-order valence-corrected chi connectivity index (χ3v) is 5.54. The van der Waals surface area contributed by atoms with E-state index >= 15 is 0 Å². The summed E-state index contributed by atoms with van der Waals surface area (Å²) in [6.07, 6.45) is 11.4. The fourth-order valence-electron chi connectivity index (χ4n) is 3.90. The predicted octanol–water partition coefficient (Wildman–Crippen LogP) is 4.19. The Balaban J connectivity index is 1.57. The molecule has 2 aromatic rings. The Bertz CT molecular complexity index is 860. The molecule has 1 saturated carbocycles. The molecule has 0 N–H and O–H groups in total. The summed E-state index contributed by atoms with van der Waals surface area (Å²) in [5.74, 6) is 0.546.